The second-order valence-electron chi connectivity index (χ2n) is 7.50. The molecule has 3 aromatic rings. The van der Waals surface area contributed by atoms with Gasteiger partial charge in [0.05, 0.1) is 17.9 Å². The maximum Gasteiger partial charge on any atom is 0.295 e. The van der Waals surface area contributed by atoms with Crippen molar-refractivity contribution in [1.29, 1.82) is 0 Å². The third kappa shape index (κ3) is 3.47. The SMILES string of the molecule is O=C1C(=O)N(CCCn2ccnc2)[C@H](c2cccnc2)C1=C(O)c1ccc2c(c1)OCO2. The highest BCUT2D eigenvalue weighted by molar-refractivity contribution is 6.46. The molecule has 162 valence electrons. The van der Waals surface area contributed by atoms with E-state index in [9.17, 15) is 14.7 Å². The van der Waals surface area contributed by atoms with Crippen molar-refractivity contribution in [2.75, 3.05) is 13.3 Å². The highest BCUT2D eigenvalue weighted by Gasteiger charge is 2.46. The minimum atomic E-state index is -0.739. The van der Waals surface area contributed by atoms with Crippen LogP contribution in [0, 0.1) is 0 Å². The molecule has 0 aliphatic carbocycles. The van der Waals surface area contributed by atoms with E-state index in [-0.39, 0.29) is 18.1 Å². The second-order valence-corrected chi connectivity index (χ2v) is 7.50. The molecule has 9 heteroatoms. The van der Waals surface area contributed by atoms with Crippen LogP contribution in [-0.4, -0.2) is 49.6 Å². The molecule has 2 aliphatic rings. The van der Waals surface area contributed by atoms with Gasteiger partial charge in [-0.2, -0.15) is 0 Å². The third-order valence-electron chi connectivity index (χ3n) is 5.56. The summed E-state index contributed by atoms with van der Waals surface area (Å²) in [5.41, 5.74) is 1.06. The molecule has 1 fully saturated rings. The van der Waals surface area contributed by atoms with Gasteiger partial charge in [0.2, 0.25) is 6.79 Å². The van der Waals surface area contributed by atoms with Crippen molar-refractivity contribution in [1.82, 2.24) is 19.4 Å². The van der Waals surface area contributed by atoms with Gasteiger partial charge in [-0.25, -0.2) is 4.98 Å². The molecule has 5 rings (SSSR count). The Bertz CT molecular complexity index is 1190. The number of amides is 1. The molecule has 32 heavy (non-hydrogen) atoms. The number of carbonyl (C=O) groups excluding carboxylic acids is 2. The number of aromatic nitrogens is 3. The monoisotopic (exact) mass is 432 g/mol. The number of benzene rings is 1. The highest BCUT2D eigenvalue weighted by Crippen LogP contribution is 2.41. The van der Waals surface area contributed by atoms with E-state index in [4.69, 9.17) is 9.47 Å². The van der Waals surface area contributed by atoms with Crippen LogP contribution in [0.3, 0.4) is 0 Å². The average Bonchev–Trinajstić information content (AvgIpc) is 3.55. The lowest BCUT2D eigenvalue weighted by Gasteiger charge is -2.25. The minimum absolute atomic E-state index is 0.0319. The summed E-state index contributed by atoms with van der Waals surface area (Å²) in [6.45, 7) is 1.07. The number of fused-ring (bicyclic) bond motifs is 1. The van der Waals surface area contributed by atoms with Crippen molar-refractivity contribution < 1.29 is 24.2 Å². The summed E-state index contributed by atoms with van der Waals surface area (Å²) in [7, 11) is 0. The lowest BCUT2D eigenvalue weighted by atomic mass is 9.96. The highest BCUT2D eigenvalue weighted by atomic mass is 16.7. The maximum atomic E-state index is 13.0. The molecule has 4 heterocycles. The summed E-state index contributed by atoms with van der Waals surface area (Å²) in [4.78, 5) is 35.7. The molecule has 0 saturated carbocycles. The Morgan fingerprint density at radius 2 is 1.97 bits per heavy atom. The zero-order valence-corrected chi connectivity index (χ0v) is 17.0. The van der Waals surface area contributed by atoms with Crippen molar-refractivity contribution in [2.24, 2.45) is 0 Å². The fourth-order valence-electron chi connectivity index (χ4n) is 4.04. The number of Topliss-reactive ketones (excluding diaryl/α,β-unsaturated/α-hetero) is 1. The molecule has 0 unspecified atom stereocenters. The van der Waals surface area contributed by atoms with Gasteiger partial charge in [-0.05, 0) is 36.2 Å². The van der Waals surface area contributed by atoms with Gasteiger partial charge in [0, 0.05) is 43.4 Å². The minimum Gasteiger partial charge on any atom is -0.507 e. The number of likely N-dealkylation sites (tertiary alicyclic amines) is 1. The number of pyridine rings is 1. The molecule has 1 saturated heterocycles. The molecular formula is C23H20N4O5. The molecule has 1 amide bonds. The number of hydrogen-bond acceptors (Lipinski definition) is 7. The Balaban J connectivity index is 1.52. The lowest BCUT2D eigenvalue weighted by Crippen LogP contribution is -2.31. The predicted molar refractivity (Wildman–Crippen MR) is 113 cm³/mol. The number of aliphatic hydroxyl groups is 1. The molecule has 2 aromatic heterocycles. The molecule has 2 aliphatic heterocycles. The summed E-state index contributed by atoms with van der Waals surface area (Å²) >= 11 is 0. The summed E-state index contributed by atoms with van der Waals surface area (Å²) in [6.07, 6.45) is 9.06. The van der Waals surface area contributed by atoms with Crippen LogP contribution in [0.4, 0.5) is 0 Å². The van der Waals surface area contributed by atoms with Crippen LogP contribution in [0.15, 0.2) is 67.0 Å². The number of hydrogen-bond donors (Lipinski definition) is 1. The van der Waals surface area contributed by atoms with E-state index in [1.165, 1.54) is 4.90 Å². The standard InChI is InChI=1S/C23H20N4O5/c28-21(15-4-5-17-18(11-15)32-14-31-17)19-20(16-3-1-6-24-12-16)27(23(30)22(19)29)9-2-8-26-10-7-25-13-26/h1,3-7,10-13,20,28H,2,8-9,14H2/t20-/m1/s1. The fourth-order valence-corrected chi connectivity index (χ4v) is 4.04. The molecule has 0 spiro atoms. The Morgan fingerprint density at radius 1 is 1.09 bits per heavy atom. The largest absolute Gasteiger partial charge is 0.507 e. The molecule has 0 bridgehead atoms. The van der Waals surface area contributed by atoms with Crippen molar-refractivity contribution >= 4 is 17.4 Å². The Hall–Kier alpha value is -4.14. The average molecular weight is 432 g/mol. The van der Waals surface area contributed by atoms with Crippen LogP contribution in [-0.2, 0) is 16.1 Å². The van der Waals surface area contributed by atoms with E-state index in [1.54, 1.807) is 55.2 Å². The normalized spacial score (nSPS) is 19.0. The topological polar surface area (TPSA) is 107 Å². The van der Waals surface area contributed by atoms with E-state index in [2.05, 4.69) is 9.97 Å². The van der Waals surface area contributed by atoms with Gasteiger partial charge in [-0.15, -0.1) is 0 Å². The molecular weight excluding hydrogens is 412 g/mol. The smallest absolute Gasteiger partial charge is 0.295 e. The number of rotatable bonds is 6. The van der Waals surface area contributed by atoms with E-state index in [1.807, 2.05) is 10.8 Å². The maximum absolute atomic E-state index is 13.0. The van der Waals surface area contributed by atoms with E-state index >= 15 is 0 Å². The van der Waals surface area contributed by atoms with Crippen molar-refractivity contribution in [3.8, 4) is 11.5 Å². The van der Waals surface area contributed by atoms with Crippen molar-refractivity contribution in [3.05, 3.63) is 78.1 Å². The van der Waals surface area contributed by atoms with Gasteiger partial charge >= 0.3 is 0 Å². The van der Waals surface area contributed by atoms with Crippen molar-refractivity contribution in [3.63, 3.8) is 0 Å². The molecule has 1 atom stereocenters. The first-order chi connectivity index (χ1) is 15.6. The van der Waals surface area contributed by atoms with Crippen LogP contribution in [0.1, 0.15) is 23.6 Å². The number of carbonyl (C=O) groups is 2. The Morgan fingerprint density at radius 3 is 2.75 bits per heavy atom. The molecule has 9 nitrogen and oxygen atoms in total. The van der Waals surface area contributed by atoms with Gasteiger partial charge < -0.3 is 24.0 Å². The van der Waals surface area contributed by atoms with E-state index < -0.39 is 17.7 Å². The third-order valence-corrected chi connectivity index (χ3v) is 5.56. The van der Waals surface area contributed by atoms with Gasteiger partial charge in [-0.1, -0.05) is 6.07 Å². The first kappa shape index (κ1) is 19.8. The molecule has 1 aromatic carbocycles. The number of nitrogens with zero attached hydrogens (tertiary/aromatic N) is 4. The first-order valence-electron chi connectivity index (χ1n) is 10.2. The van der Waals surface area contributed by atoms with Crippen molar-refractivity contribution in [2.45, 2.75) is 19.0 Å². The quantitative estimate of drug-likeness (QED) is 0.362. The predicted octanol–water partition coefficient (Wildman–Crippen LogP) is 2.52. The van der Waals surface area contributed by atoms with E-state index in [0.29, 0.717) is 42.1 Å². The number of ether oxygens (including phenoxy) is 2. The Kier molecular flexibility index (Phi) is 5.06. The lowest BCUT2D eigenvalue weighted by molar-refractivity contribution is -0.139. The van der Waals surface area contributed by atoms with Crippen LogP contribution >= 0.6 is 0 Å². The second kappa shape index (κ2) is 8.18. The van der Waals surface area contributed by atoms with Crippen LogP contribution in [0.5, 0.6) is 11.5 Å². The Labute approximate surface area is 183 Å². The van der Waals surface area contributed by atoms with Gasteiger partial charge in [0.25, 0.3) is 11.7 Å². The summed E-state index contributed by atoms with van der Waals surface area (Å²) in [5, 5.41) is 11.1. The summed E-state index contributed by atoms with van der Waals surface area (Å²) < 4.78 is 12.6. The van der Waals surface area contributed by atoms with Crippen LogP contribution in [0.25, 0.3) is 5.76 Å². The number of aryl methyl sites for hydroxylation is 1. The van der Waals surface area contributed by atoms with E-state index in [0.717, 1.165) is 0 Å². The van der Waals surface area contributed by atoms with Gasteiger partial charge in [0.15, 0.2) is 11.5 Å². The van der Waals surface area contributed by atoms with Crippen LogP contribution < -0.4 is 9.47 Å². The molecule has 0 radical (unpaired) electrons. The zero-order valence-electron chi connectivity index (χ0n) is 17.0. The number of ketones is 1. The van der Waals surface area contributed by atoms with Gasteiger partial charge in [0.1, 0.15) is 5.76 Å². The summed E-state index contributed by atoms with van der Waals surface area (Å²) in [6, 6.07) is 7.69. The van der Waals surface area contributed by atoms with Gasteiger partial charge in [-0.3, -0.25) is 14.6 Å². The molecule has 1 N–H and O–H groups in total. The van der Waals surface area contributed by atoms with Crippen LogP contribution in [0.2, 0.25) is 0 Å². The zero-order chi connectivity index (χ0) is 22.1. The first-order valence-corrected chi connectivity index (χ1v) is 10.2. The number of aliphatic hydroxyl groups excluding tert-OH is 1. The number of imidazole rings is 1. The summed E-state index contributed by atoms with van der Waals surface area (Å²) in [5.74, 6) is -0.595. The fraction of sp³-hybridized carbons (Fsp3) is 0.217.